The lowest BCUT2D eigenvalue weighted by Gasteiger charge is -2.31. The molecule has 3 aliphatic rings. The normalized spacial score (nSPS) is 18.4. The molecule has 7 rings (SSSR count). The van der Waals surface area contributed by atoms with Crippen LogP contribution in [-0.2, 0) is 9.53 Å². The largest absolute Gasteiger partial charge is 0.453 e. The number of nitriles is 1. The SMILES string of the molecule is COC(=O)N[C@H](C(=O)N1CCC[C@H]1C1=NC=C(c2ccc(-c3cc(C#N)c4cc(-c5cnc(C6CCCC6)[nH]5)ccc4n3)cc2)C1)C(C)C. The summed E-state index contributed by atoms with van der Waals surface area (Å²) in [5, 5.41) is 13.6. The average Bonchev–Trinajstić information content (AvgIpc) is 3.96. The summed E-state index contributed by atoms with van der Waals surface area (Å²) in [7, 11) is 1.30. The predicted molar refractivity (Wildman–Crippen MR) is 190 cm³/mol. The van der Waals surface area contributed by atoms with Crippen LogP contribution in [0.4, 0.5) is 4.79 Å². The number of aliphatic imine (C=N–C) groups is 1. The van der Waals surface area contributed by atoms with Crippen molar-refractivity contribution < 1.29 is 14.3 Å². The molecule has 1 saturated heterocycles. The van der Waals surface area contributed by atoms with Crippen LogP contribution >= 0.6 is 0 Å². The Labute approximate surface area is 286 Å². The number of aromatic amines is 1. The summed E-state index contributed by atoms with van der Waals surface area (Å²) in [6.45, 7) is 4.46. The molecule has 1 saturated carbocycles. The summed E-state index contributed by atoms with van der Waals surface area (Å²) < 4.78 is 4.76. The molecule has 10 heteroatoms. The second-order valence-corrected chi connectivity index (χ2v) is 13.6. The minimum absolute atomic E-state index is 0.0825. The third-order valence-corrected chi connectivity index (χ3v) is 10.2. The molecule has 2 amide bonds. The molecule has 2 N–H and O–H groups in total. The van der Waals surface area contributed by atoms with Gasteiger partial charge in [-0.2, -0.15) is 5.26 Å². The molecule has 0 spiro atoms. The maximum atomic E-state index is 13.5. The van der Waals surface area contributed by atoms with Crippen molar-refractivity contribution in [3.63, 3.8) is 0 Å². The number of carbonyl (C=O) groups excluding carboxylic acids is 2. The number of nitrogens with zero attached hydrogens (tertiary/aromatic N) is 5. The molecule has 0 bridgehead atoms. The number of methoxy groups -OCH3 is 1. The van der Waals surface area contributed by atoms with E-state index in [-0.39, 0.29) is 17.9 Å². The number of benzene rings is 2. The van der Waals surface area contributed by atoms with Crippen LogP contribution in [0.1, 0.15) is 81.7 Å². The van der Waals surface area contributed by atoms with E-state index < -0.39 is 12.1 Å². The Morgan fingerprint density at radius 2 is 1.78 bits per heavy atom. The number of hydrogen-bond donors (Lipinski definition) is 2. The van der Waals surface area contributed by atoms with Gasteiger partial charge in [0.25, 0.3) is 0 Å². The van der Waals surface area contributed by atoms with Gasteiger partial charge < -0.3 is 19.9 Å². The first-order valence-corrected chi connectivity index (χ1v) is 17.2. The van der Waals surface area contributed by atoms with Gasteiger partial charge in [0.2, 0.25) is 5.91 Å². The molecular weight excluding hydrogens is 614 g/mol. The number of likely N-dealkylation sites (tertiary alicyclic amines) is 1. The minimum Gasteiger partial charge on any atom is -0.453 e. The Balaban J connectivity index is 1.05. The Morgan fingerprint density at radius 1 is 1.02 bits per heavy atom. The number of ether oxygens (including phenoxy) is 1. The standard InChI is InChI=1S/C39H41N7O3/c1-23(2)36(45-39(48)49-3)38(47)46-16-6-9-35(46)33-19-29(21-41-33)24-10-12-25(13-11-24)32-18-28(20-40)30-17-27(14-15-31(30)43-32)34-22-42-37(44-34)26-7-4-5-8-26/h10-15,17-18,21-23,26,35-36H,4-9,16,19H2,1-3H3,(H,42,44)(H,45,48)/t35-,36-/m0/s1. The Kier molecular flexibility index (Phi) is 9.00. The number of carbonyl (C=O) groups is 2. The number of pyridine rings is 1. The van der Waals surface area contributed by atoms with Crippen molar-refractivity contribution in [3.8, 4) is 28.6 Å². The van der Waals surface area contributed by atoms with Gasteiger partial charge in [-0.05, 0) is 60.9 Å². The van der Waals surface area contributed by atoms with Crippen LogP contribution in [0.15, 0.2) is 65.9 Å². The highest BCUT2D eigenvalue weighted by molar-refractivity contribution is 6.04. The average molecular weight is 656 g/mol. The Bertz CT molecular complexity index is 2000. The number of alkyl carbamates (subject to hydrolysis) is 1. The summed E-state index contributed by atoms with van der Waals surface area (Å²) in [4.78, 5) is 45.2. The number of nitrogens with one attached hydrogen (secondary N) is 2. The first-order chi connectivity index (χ1) is 23.8. The van der Waals surface area contributed by atoms with Crippen LogP contribution in [-0.4, -0.2) is 63.3 Å². The van der Waals surface area contributed by atoms with Crippen LogP contribution in [0, 0.1) is 17.2 Å². The molecule has 2 aliphatic heterocycles. The number of amides is 2. The number of hydrogen-bond acceptors (Lipinski definition) is 7. The van der Waals surface area contributed by atoms with E-state index in [0.29, 0.717) is 24.4 Å². The number of imidazole rings is 1. The fourth-order valence-electron chi connectivity index (χ4n) is 7.46. The quantitative estimate of drug-likeness (QED) is 0.203. The molecule has 250 valence electrons. The second kappa shape index (κ2) is 13.7. The lowest BCUT2D eigenvalue weighted by atomic mass is 9.96. The number of H-pyrrole nitrogens is 1. The van der Waals surface area contributed by atoms with Crippen LogP contribution < -0.4 is 5.32 Å². The molecule has 0 radical (unpaired) electrons. The van der Waals surface area contributed by atoms with E-state index in [9.17, 15) is 14.9 Å². The fraction of sp³-hybridized carbons (Fsp3) is 0.385. The van der Waals surface area contributed by atoms with Crippen molar-refractivity contribution in [2.75, 3.05) is 13.7 Å². The van der Waals surface area contributed by atoms with E-state index in [1.54, 1.807) is 0 Å². The molecular formula is C39H41N7O3. The number of rotatable bonds is 8. The molecule has 2 aromatic carbocycles. The van der Waals surface area contributed by atoms with E-state index in [1.807, 2.05) is 67.5 Å². The fourth-order valence-corrected chi connectivity index (χ4v) is 7.46. The van der Waals surface area contributed by atoms with Gasteiger partial charge in [0.05, 0.1) is 47.9 Å². The van der Waals surface area contributed by atoms with Crippen molar-refractivity contribution >= 4 is 34.2 Å². The van der Waals surface area contributed by atoms with Gasteiger partial charge in [-0.25, -0.2) is 14.8 Å². The smallest absolute Gasteiger partial charge is 0.407 e. The molecule has 4 heterocycles. The lowest BCUT2D eigenvalue weighted by molar-refractivity contribution is -0.134. The van der Waals surface area contributed by atoms with Gasteiger partial charge in [-0.3, -0.25) is 9.79 Å². The van der Waals surface area contributed by atoms with Gasteiger partial charge in [-0.1, -0.05) is 57.0 Å². The van der Waals surface area contributed by atoms with Crippen molar-refractivity contribution in [2.45, 2.75) is 76.8 Å². The summed E-state index contributed by atoms with van der Waals surface area (Å²) in [5.74, 6) is 1.38. The van der Waals surface area contributed by atoms with Crippen molar-refractivity contribution in [2.24, 2.45) is 10.9 Å². The molecule has 0 unspecified atom stereocenters. The van der Waals surface area contributed by atoms with Crippen LogP contribution in [0.2, 0.25) is 0 Å². The Hall–Kier alpha value is -5.30. The van der Waals surface area contributed by atoms with E-state index in [4.69, 9.17) is 14.7 Å². The van der Waals surface area contributed by atoms with Gasteiger partial charge in [0, 0.05) is 47.3 Å². The molecule has 49 heavy (non-hydrogen) atoms. The maximum absolute atomic E-state index is 13.5. The van der Waals surface area contributed by atoms with Crippen LogP contribution in [0.25, 0.3) is 39.0 Å². The van der Waals surface area contributed by atoms with Gasteiger partial charge >= 0.3 is 6.09 Å². The third-order valence-electron chi connectivity index (χ3n) is 10.2. The van der Waals surface area contributed by atoms with Crippen LogP contribution in [0.5, 0.6) is 0 Å². The first-order valence-electron chi connectivity index (χ1n) is 17.2. The highest BCUT2D eigenvalue weighted by Crippen LogP contribution is 2.35. The predicted octanol–water partition coefficient (Wildman–Crippen LogP) is 7.38. The zero-order valence-corrected chi connectivity index (χ0v) is 28.2. The number of fused-ring (bicyclic) bond motifs is 1. The number of aromatic nitrogens is 3. The molecule has 1 aliphatic carbocycles. The summed E-state index contributed by atoms with van der Waals surface area (Å²) in [6.07, 6.45) is 10.4. The minimum atomic E-state index is -0.659. The van der Waals surface area contributed by atoms with Gasteiger partial charge in [0.15, 0.2) is 0 Å². The van der Waals surface area contributed by atoms with Crippen molar-refractivity contribution in [1.82, 2.24) is 25.2 Å². The van der Waals surface area contributed by atoms with Crippen molar-refractivity contribution in [3.05, 3.63) is 77.9 Å². The second-order valence-electron chi connectivity index (χ2n) is 13.6. The molecule has 4 aromatic rings. The topological polar surface area (TPSA) is 136 Å². The molecule has 2 atom stereocenters. The zero-order valence-electron chi connectivity index (χ0n) is 28.2. The highest BCUT2D eigenvalue weighted by atomic mass is 16.5. The molecule has 2 fully saturated rings. The lowest BCUT2D eigenvalue weighted by Crippen LogP contribution is -2.53. The van der Waals surface area contributed by atoms with Crippen LogP contribution in [0.3, 0.4) is 0 Å². The van der Waals surface area contributed by atoms with E-state index >= 15 is 0 Å². The maximum Gasteiger partial charge on any atom is 0.407 e. The van der Waals surface area contributed by atoms with E-state index in [1.165, 1.54) is 32.8 Å². The molecule has 10 nitrogen and oxygen atoms in total. The van der Waals surface area contributed by atoms with Gasteiger partial charge in [-0.15, -0.1) is 0 Å². The molecule has 2 aromatic heterocycles. The highest BCUT2D eigenvalue weighted by Gasteiger charge is 2.38. The summed E-state index contributed by atoms with van der Waals surface area (Å²) in [5.41, 5.74) is 8.06. The third kappa shape index (κ3) is 6.45. The Morgan fingerprint density at radius 3 is 2.51 bits per heavy atom. The van der Waals surface area contributed by atoms with E-state index in [0.717, 1.165) is 68.9 Å². The monoisotopic (exact) mass is 655 g/mol. The summed E-state index contributed by atoms with van der Waals surface area (Å²) >= 11 is 0. The first kappa shape index (κ1) is 32.3. The number of allylic oxidation sites excluding steroid dienone is 1. The van der Waals surface area contributed by atoms with Gasteiger partial charge in [0.1, 0.15) is 11.9 Å². The summed E-state index contributed by atoms with van der Waals surface area (Å²) in [6, 6.07) is 17.7. The zero-order chi connectivity index (χ0) is 34.1. The van der Waals surface area contributed by atoms with E-state index in [2.05, 4.69) is 33.5 Å². The van der Waals surface area contributed by atoms with Crippen molar-refractivity contribution in [1.29, 1.82) is 5.26 Å².